The summed E-state index contributed by atoms with van der Waals surface area (Å²) in [6.45, 7) is 10.1. The molecule has 0 aliphatic rings. The minimum absolute atomic E-state index is 0.290. The molecule has 14 heavy (non-hydrogen) atoms. The van der Waals surface area contributed by atoms with Crippen LogP contribution in [0.4, 0.5) is 0 Å². The molecule has 0 atom stereocenters. The van der Waals surface area contributed by atoms with Crippen LogP contribution in [-0.4, -0.2) is 23.6 Å². The van der Waals surface area contributed by atoms with Crippen LogP contribution in [-0.2, 0) is 0 Å². The molecule has 0 bridgehead atoms. The molecule has 86 valence electrons. The molecule has 0 rings (SSSR count). The zero-order valence-corrected chi connectivity index (χ0v) is 11.2. The molecule has 0 unspecified atom stereocenters. The standard InChI is InChI=1S/C12H27NS/c1-5-14-11-9-7-6-8-10-13-12(2,3)4/h13H,5-11H2,1-4H3. The van der Waals surface area contributed by atoms with E-state index in [1.807, 2.05) is 0 Å². The van der Waals surface area contributed by atoms with Crippen LogP contribution < -0.4 is 5.32 Å². The normalized spacial score (nSPS) is 12.0. The zero-order chi connectivity index (χ0) is 10.9. The third-order valence-electron chi connectivity index (χ3n) is 2.07. The van der Waals surface area contributed by atoms with Crippen LogP contribution in [0.15, 0.2) is 0 Å². The lowest BCUT2D eigenvalue weighted by atomic mass is 10.1. The Kier molecular flexibility index (Phi) is 8.80. The second-order valence-corrected chi connectivity index (χ2v) is 6.18. The summed E-state index contributed by atoms with van der Waals surface area (Å²) < 4.78 is 0. The maximum Gasteiger partial charge on any atom is 0.00965 e. The second kappa shape index (κ2) is 8.60. The van der Waals surface area contributed by atoms with Gasteiger partial charge in [-0.1, -0.05) is 19.8 Å². The lowest BCUT2D eigenvalue weighted by Gasteiger charge is -2.20. The Labute approximate surface area is 94.4 Å². The van der Waals surface area contributed by atoms with Crippen molar-refractivity contribution in [3.05, 3.63) is 0 Å². The van der Waals surface area contributed by atoms with E-state index < -0.39 is 0 Å². The van der Waals surface area contributed by atoms with Crippen molar-refractivity contribution >= 4 is 11.8 Å². The van der Waals surface area contributed by atoms with Gasteiger partial charge in [-0.3, -0.25) is 0 Å². The van der Waals surface area contributed by atoms with E-state index in [0.29, 0.717) is 0 Å². The summed E-state index contributed by atoms with van der Waals surface area (Å²) >= 11 is 2.06. The number of hydrogen-bond donors (Lipinski definition) is 1. The number of nitrogens with one attached hydrogen (secondary N) is 1. The van der Waals surface area contributed by atoms with Gasteiger partial charge < -0.3 is 5.32 Å². The van der Waals surface area contributed by atoms with Gasteiger partial charge in [0.1, 0.15) is 0 Å². The highest BCUT2D eigenvalue weighted by molar-refractivity contribution is 7.99. The molecule has 0 saturated carbocycles. The van der Waals surface area contributed by atoms with Gasteiger partial charge in [0.15, 0.2) is 0 Å². The quantitative estimate of drug-likeness (QED) is 0.622. The zero-order valence-electron chi connectivity index (χ0n) is 10.4. The SMILES string of the molecule is CCSCCCCCCNC(C)(C)C. The van der Waals surface area contributed by atoms with Gasteiger partial charge in [0, 0.05) is 5.54 Å². The molecule has 0 radical (unpaired) electrons. The van der Waals surface area contributed by atoms with Gasteiger partial charge in [-0.05, 0) is 51.7 Å². The van der Waals surface area contributed by atoms with Crippen molar-refractivity contribution in [3.8, 4) is 0 Å². The van der Waals surface area contributed by atoms with Crippen molar-refractivity contribution in [2.45, 2.75) is 58.9 Å². The monoisotopic (exact) mass is 217 g/mol. The summed E-state index contributed by atoms with van der Waals surface area (Å²) in [4.78, 5) is 0. The maximum absolute atomic E-state index is 3.52. The predicted molar refractivity (Wildman–Crippen MR) is 69.2 cm³/mol. The van der Waals surface area contributed by atoms with Gasteiger partial charge in [-0.25, -0.2) is 0 Å². The molecule has 0 heterocycles. The van der Waals surface area contributed by atoms with Crippen LogP contribution in [0.25, 0.3) is 0 Å². The fraction of sp³-hybridized carbons (Fsp3) is 1.00. The Hall–Kier alpha value is 0.310. The van der Waals surface area contributed by atoms with Gasteiger partial charge in [0.05, 0.1) is 0 Å². The Morgan fingerprint density at radius 2 is 1.64 bits per heavy atom. The van der Waals surface area contributed by atoms with E-state index in [1.54, 1.807) is 0 Å². The van der Waals surface area contributed by atoms with Crippen molar-refractivity contribution in [1.29, 1.82) is 0 Å². The van der Waals surface area contributed by atoms with Crippen molar-refractivity contribution in [2.75, 3.05) is 18.1 Å². The summed E-state index contributed by atoms with van der Waals surface area (Å²) in [6, 6.07) is 0. The number of unbranched alkanes of at least 4 members (excludes halogenated alkanes) is 3. The van der Waals surface area contributed by atoms with Crippen molar-refractivity contribution in [1.82, 2.24) is 5.32 Å². The van der Waals surface area contributed by atoms with Crippen molar-refractivity contribution in [3.63, 3.8) is 0 Å². The molecule has 0 amide bonds. The molecule has 1 nitrogen and oxygen atoms in total. The Balaban J connectivity index is 2.99. The minimum Gasteiger partial charge on any atom is -0.312 e. The number of rotatable bonds is 8. The molecule has 0 spiro atoms. The Bertz CT molecular complexity index is 118. The van der Waals surface area contributed by atoms with E-state index in [2.05, 4.69) is 44.8 Å². The average molecular weight is 217 g/mol. The first-order chi connectivity index (χ1) is 6.56. The highest BCUT2D eigenvalue weighted by atomic mass is 32.2. The fourth-order valence-corrected chi connectivity index (χ4v) is 1.99. The van der Waals surface area contributed by atoms with Crippen LogP contribution in [0.3, 0.4) is 0 Å². The van der Waals surface area contributed by atoms with Crippen molar-refractivity contribution < 1.29 is 0 Å². The molecule has 0 aromatic heterocycles. The summed E-state index contributed by atoms with van der Waals surface area (Å²) in [7, 11) is 0. The molecule has 1 N–H and O–H groups in total. The van der Waals surface area contributed by atoms with E-state index in [-0.39, 0.29) is 5.54 Å². The second-order valence-electron chi connectivity index (χ2n) is 4.79. The number of hydrogen-bond acceptors (Lipinski definition) is 2. The molecule has 0 fully saturated rings. The van der Waals surface area contributed by atoms with E-state index in [1.165, 1.54) is 43.7 Å². The molecule has 0 aromatic rings. The Morgan fingerprint density at radius 3 is 2.21 bits per heavy atom. The molecule has 0 aliphatic carbocycles. The third-order valence-corrected chi connectivity index (χ3v) is 3.06. The van der Waals surface area contributed by atoms with Crippen molar-refractivity contribution in [2.24, 2.45) is 0 Å². The highest BCUT2D eigenvalue weighted by Gasteiger charge is 2.06. The van der Waals surface area contributed by atoms with Gasteiger partial charge >= 0.3 is 0 Å². The number of thioether (sulfide) groups is 1. The van der Waals surface area contributed by atoms with E-state index in [4.69, 9.17) is 0 Å². The maximum atomic E-state index is 3.52. The van der Waals surface area contributed by atoms with E-state index >= 15 is 0 Å². The molecule has 2 heteroatoms. The average Bonchev–Trinajstić information content (AvgIpc) is 2.08. The van der Waals surface area contributed by atoms with Crippen LogP contribution >= 0.6 is 11.8 Å². The minimum atomic E-state index is 0.290. The Morgan fingerprint density at radius 1 is 1.00 bits per heavy atom. The topological polar surface area (TPSA) is 12.0 Å². The van der Waals surface area contributed by atoms with E-state index in [9.17, 15) is 0 Å². The van der Waals surface area contributed by atoms with Crippen LogP contribution in [0.2, 0.25) is 0 Å². The third kappa shape index (κ3) is 12.3. The van der Waals surface area contributed by atoms with Gasteiger partial charge in [-0.15, -0.1) is 0 Å². The predicted octanol–water partition coefficient (Wildman–Crippen LogP) is 3.69. The van der Waals surface area contributed by atoms with E-state index in [0.717, 1.165) is 0 Å². The molecule has 0 aliphatic heterocycles. The molecular weight excluding hydrogens is 190 g/mol. The van der Waals surface area contributed by atoms with Crippen LogP contribution in [0.5, 0.6) is 0 Å². The molecule has 0 saturated heterocycles. The lowest BCUT2D eigenvalue weighted by molar-refractivity contribution is 0.417. The van der Waals surface area contributed by atoms with Crippen LogP contribution in [0, 0.1) is 0 Å². The first kappa shape index (κ1) is 14.3. The van der Waals surface area contributed by atoms with Gasteiger partial charge in [0.25, 0.3) is 0 Å². The van der Waals surface area contributed by atoms with Gasteiger partial charge in [0.2, 0.25) is 0 Å². The van der Waals surface area contributed by atoms with Gasteiger partial charge in [-0.2, -0.15) is 11.8 Å². The molecular formula is C12H27NS. The van der Waals surface area contributed by atoms with Crippen LogP contribution in [0.1, 0.15) is 53.4 Å². The highest BCUT2D eigenvalue weighted by Crippen LogP contribution is 2.07. The summed E-state index contributed by atoms with van der Waals surface area (Å²) in [6.07, 6.45) is 5.51. The summed E-state index contributed by atoms with van der Waals surface area (Å²) in [5.41, 5.74) is 0.290. The molecule has 0 aromatic carbocycles. The fourth-order valence-electron chi connectivity index (χ4n) is 1.29. The summed E-state index contributed by atoms with van der Waals surface area (Å²) in [5, 5.41) is 3.52. The first-order valence-electron chi connectivity index (χ1n) is 5.89. The summed E-state index contributed by atoms with van der Waals surface area (Å²) in [5.74, 6) is 2.62. The lowest BCUT2D eigenvalue weighted by Crippen LogP contribution is -2.36. The largest absolute Gasteiger partial charge is 0.312 e. The first-order valence-corrected chi connectivity index (χ1v) is 7.04. The smallest absolute Gasteiger partial charge is 0.00965 e.